The Morgan fingerprint density at radius 3 is 2.86 bits per heavy atom. The van der Waals surface area contributed by atoms with Crippen molar-refractivity contribution < 1.29 is 9.26 Å². The molecule has 1 unspecified atom stereocenters. The summed E-state index contributed by atoms with van der Waals surface area (Å²) in [5.74, 6) is 1.02. The summed E-state index contributed by atoms with van der Waals surface area (Å²) < 4.78 is 10.2. The molecule has 1 heterocycles. The van der Waals surface area contributed by atoms with E-state index in [-0.39, 0.29) is 6.04 Å². The van der Waals surface area contributed by atoms with Crippen LogP contribution >= 0.6 is 23.2 Å². The maximum Gasteiger partial charge on any atom is 0.243 e. The number of nitrogens with zero attached hydrogens (tertiary/aromatic N) is 2. The second-order valence-electron chi connectivity index (χ2n) is 4.72. The third-order valence-corrected chi connectivity index (χ3v) is 3.75. The van der Waals surface area contributed by atoms with Gasteiger partial charge in [-0.05, 0) is 30.5 Å². The van der Waals surface area contributed by atoms with E-state index in [0.717, 1.165) is 18.4 Å². The maximum absolute atomic E-state index is 6.00. The van der Waals surface area contributed by atoms with Gasteiger partial charge in [0.05, 0.1) is 16.1 Å². The Morgan fingerprint density at radius 1 is 1.33 bits per heavy atom. The fourth-order valence-electron chi connectivity index (χ4n) is 1.89. The van der Waals surface area contributed by atoms with Gasteiger partial charge in [0.25, 0.3) is 0 Å². The van der Waals surface area contributed by atoms with E-state index in [9.17, 15) is 0 Å². The van der Waals surface area contributed by atoms with E-state index in [1.54, 1.807) is 19.2 Å². The molecule has 0 bridgehead atoms. The molecule has 0 aliphatic heterocycles. The predicted molar refractivity (Wildman–Crippen MR) is 81.6 cm³/mol. The van der Waals surface area contributed by atoms with E-state index >= 15 is 0 Å². The van der Waals surface area contributed by atoms with E-state index in [2.05, 4.69) is 10.1 Å². The van der Waals surface area contributed by atoms with Gasteiger partial charge < -0.3 is 15.0 Å². The zero-order valence-electron chi connectivity index (χ0n) is 11.7. The molecule has 0 amide bonds. The number of methoxy groups -OCH3 is 1. The van der Waals surface area contributed by atoms with E-state index in [1.807, 2.05) is 6.07 Å². The number of ether oxygens (including phenoxy) is 1. The Bertz CT molecular complexity index is 589. The number of halogens is 2. The fraction of sp³-hybridized carbons (Fsp3) is 0.429. The van der Waals surface area contributed by atoms with Crippen molar-refractivity contribution in [2.24, 2.45) is 5.73 Å². The van der Waals surface area contributed by atoms with Gasteiger partial charge in [-0.25, -0.2) is 0 Å². The molecule has 0 spiro atoms. The number of nitrogens with two attached hydrogens (primary N) is 1. The highest BCUT2D eigenvalue weighted by molar-refractivity contribution is 6.42. The summed E-state index contributed by atoms with van der Waals surface area (Å²) in [6.07, 6.45) is 2.11. The van der Waals surface area contributed by atoms with Crippen LogP contribution in [-0.2, 0) is 11.2 Å². The van der Waals surface area contributed by atoms with Crippen LogP contribution in [0.5, 0.6) is 0 Å². The van der Waals surface area contributed by atoms with Crippen LogP contribution in [0.25, 0.3) is 0 Å². The molecule has 0 fully saturated rings. The first-order chi connectivity index (χ1) is 10.1. The van der Waals surface area contributed by atoms with Gasteiger partial charge in [-0.3, -0.25) is 0 Å². The molecule has 114 valence electrons. The molecule has 0 aliphatic carbocycles. The van der Waals surface area contributed by atoms with Crippen LogP contribution in [0.1, 0.15) is 36.2 Å². The van der Waals surface area contributed by atoms with Gasteiger partial charge in [0.1, 0.15) is 0 Å². The van der Waals surface area contributed by atoms with Crippen molar-refractivity contribution in [3.63, 3.8) is 0 Å². The number of aromatic nitrogens is 2. The van der Waals surface area contributed by atoms with E-state index in [0.29, 0.717) is 34.8 Å². The van der Waals surface area contributed by atoms with Crippen LogP contribution in [-0.4, -0.2) is 23.9 Å². The highest BCUT2D eigenvalue weighted by Gasteiger charge is 2.15. The average Bonchev–Trinajstić information content (AvgIpc) is 2.92. The minimum absolute atomic E-state index is 0.268. The van der Waals surface area contributed by atoms with Gasteiger partial charge in [-0.1, -0.05) is 34.4 Å². The molecular weight excluding hydrogens is 313 g/mol. The number of benzene rings is 1. The Hall–Kier alpha value is -1.14. The first kappa shape index (κ1) is 16.2. The maximum atomic E-state index is 6.00. The average molecular weight is 330 g/mol. The van der Waals surface area contributed by atoms with Crippen LogP contribution < -0.4 is 5.73 Å². The Kier molecular flexibility index (Phi) is 5.99. The molecule has 0 saturated heterocycles. The predicted octanol–water partition coefficient (Wildman–Crippen LogP) is 3.39. The van der Waals surface area contributed by atoms with Crippen molar-refractivity contribution in [3.05, 3.63) is 45.5 Å². The molecule has 2 rings (SSSR count). The third-order valence-electron chi connectivity index (χ3n) is 3.01. The van der Waals surface area contributed by atoms with Crippen molar-refractivity contribution in [1.82, 2.24) is 10.1 Å². The first-order valence-corrected chi connectivity index (χ1v) is 7.36. The largest absolute Gasteiger partial charge is 0.385 e. The van der Waals surface area contributed by atoms with Crippen molar-refractivity contribution in [3.8, 4) is 0 Å². The lowest BCUT2D eigenvalue weighted by atomic mass is 10.1. The molecule has 0 radical (unpaired) electrons. The molecule has 5 nitrogen and oxygen atoms in total. The van der Waals surface area contributed by atoms with Crippen LogP contribution in [0.4, 0.5) is 0 Å². The molecule has 21 heavy (non-hydrogen) atoms. The normalized spacial score (nSPS) is 12.6. The van der Waals surface area contributed by atoms with Gasteiger partial charge in [0.2, 0.25) is 5.89 Å². The summed E-state index contributed by atoms with van der Waals surface area (Å²) in [5, 5.41) is 4.97. The lowest BCUT2D eigenvalue weighted by Gasteiger charge is -2.05. The SMILES string of the molecule is COCCCC(N)c1nc(Cc2ccc(Cl)c(Cl)c2)no1. The van der Waals surface area contributed by atoms with Gasteiger partial charge >= 0.3 is 0 Å². The minimum Gasteiger partial charge on any atom is -0.385 e. The number of rotatable bonds is 7. The molecule has 2 aromatic rings. The summed E-state index contributed by atoms with van der Waals surface area (Å²) in [7, 11) is 1.66. The summed E-state index contributed by atoms with van der Waals surface area (Å²) in [6.45, 7) is 0.665. The Morgan fingerprint density at radius 2 is 2.14 bits per heavy atom. The monoisotopic (exact) mass is 329 g/mol. The minimum atomic E-state index is -0.268. The van der Waals surface area contributed by atoms with E-state index in [1.165, 1.54) is 0 Å². The smallest absolute Gasteiger partial charge is 0.243 e. The lowest BCUT2D eigenvalue weighted by Crippen LogP contribution is -2.11. The van der Waals surface area contributed by atoms with Crippen LogP contribution in [0.3, 0.4) is 0 Å². The van der Waals surface area contributed by atoms with Crippen molar-refractivity contribution in [2.75, 3.05) is 13.7 Å². The summed E-state index contributed by atoms with van der Waals surface area (Å²) in [5.41, 5.74) is 6.96. The van der Waals surface area contributed by atoms with Crippen LogP contribution in [0.15, 0.2) is 22.7 Å². The van der Waals surface area contributed by atoms with Crippen molar-refractivity contribution >= 4 is 23.2 Å². The highest BCUT2D eigenvalue weighted by atomic mass is 35.5. The topological polar surface area (TPSA) is 74.2 Å². The van der Waals surface area contributed by atoms with Crippen LogP contribution in [0, 0.1) is 0 Å². The molecule has 1 aromatic carbocycles. The quantitative estimate of drug-likeness (QED) is 0.788. The summed E-state index contributed by atoms with van der Waals surface area (Å²) in [4.78, 5) is 4.32. The van der Waals surface area contributed by atoms with Gasteiger partial charge in [-0.15, -0.1) is 0 Å². The Labute approximate surface area is 133 Å². The van der Waals surface area contributed by atoms with Crippen molar-refractivity contribution in [2.45, 2.75) is 25.3 Å². The second kappa shape index (κ2) is 7.75. The highest BCUT2D eigenvalue weighted by Crippen LogP contribution is 2.23. The number of hydrogen-bond acceptors (Lipinski definition) is 5. The molecular formula is C14H17Cl2N3O2. The molecule has 1 aromatic heterocycles. The third kappa shape index (κ3) is 4.68. The zero-order chi connectivity index (χ0) is 15.2. The van der Waals surface area contributed by atoms with E-state index < -0.39 is 0 Å². The standard InChI is InChI=1S/C14H17Cl2N3O2/c1-20-6-2-3-12(17)14-18-13(19-21-14)8-9-4-5-10(15)11(16)7-9/h4-5,7,12H,2-3,6,8,17H2,1H3. The molecule has 0 aliphatic rings. The van der Waals surface area contributed by atoms with Crippen molar-refractivity contribution in [1.29, 1.82) is 0 Å². The van der Waals surface area contributed by atoms with Crippen LogP contribution in [0.2, 0.25) is 10.0 Å². The zero-order valence-corrected chi connectivity index (χ0v) is 13.2. The number of hydrogen-bond donors (Lipinski definition) is 1. The van der Waals surface area contributed by atoms with Gasteiger partial charge in [-0.2, -0.15) is 4.98 Å². The molecule has 1 atom stereocenters. The first-order valence-electron chi connectivity index (χ1n) is 6.61. The molecule has 0 saturated carbocycles. The molecule has 2 N–H and O–H groups in total. The van der Waals surface area contributed by atoms with Gasteiger partial charge in [0.15, 0.2) is 5.82 Å². The summed E-state index contributed by atoms with van der Waals surface area (Å²) >= 11 is 11.9. The fourth-order valence-corrected chi connectivity index (χ4v) is 2.21. The Balaban J connectivity index is 1.97. The van der Waals surface area contributed by atoms with E-state index in [4.69, 9.17) is 38.2 Å². The second-order valence-corrected chi connectivity index (χ2v) is 5.53. The molecule has 7 heteroatoms. The summed E-state index contributed by atoms with van der Waals surface area (Å²) in [6, 6.07) is 5.15. The van der Waals surface area contributed by atoms with Gasteiger partial charge in [0, 0.05) is 20.1 Å². The lowest BCUT2D eigenvalue weighted by molar-refractivity contribution is 0.188.